The Balaban J connectivity index is 2.01. The van der Waals surface area contributed by atoms with Gasteiger partial charge in [0.2, 0.25) is 0 Å². The summed E-state index contributed by atoms with van der Waals surface area (Å²) < 4.78 is 9.10. The van der Waals surface area contributed by atoms with Crippen LogP contribution in [-0.2, 0) is 19.4 Å². The van der Waals surface area contributed by atoms with E-state index >= 15 is 0 Å². The predicted octanol–water partition coefficient (Wildman–Crippen LogP) is 5.35. The number of aryl methyl sites for hydroxylation is 2. The number of hydrogen-bond donors (Lipinski definition) is 1. The SMILES string of the molecule is CCc1cccc(Cl)c1COc1cccc(CCCNI)c1. The summed E-state index contributed by atoms with van der Waals surface area (Å²) in [4.78, 5) is 0. The molecule has 1 N–H and O–H groups in total. The maximum Gasteiger partial charge on any atom is 0.120 e. The number of nitrogens with one attached hydrogen (secondary N) is 1. The molecule has 118 valence electrons. The molecule has 0 saturated carbocycles. The molecule has 0 spiro atoms. The summed E-state index contributed by atoms with van der Waals surface area (Å²) in [6, 6.07) is 14.3. The third kappa shape index (κ3) is 5.14. The third-order valence-electron chi connectivity index (χ3n) is 3.62. The van der Waals surface area contributed by atoms with Gasteiger partial charge in [-0.3, -0.25) is 3.53 Å². The number of ether oxygens (including phenoxy) is 1. The van der Waals surface area contributed by atoms with E-state index < -0.39 is 0 Å². The van der Waals surface area contributed by atoms with E-state index in [1.807, 2.05) is 18.2 Å². The molecule has 2 rings (SSSR count). The minimum atomic E-state index is 0.515. The second-order valence-electron chi connectivity index (χ2n) is 5.15. The van der Waals surface area contributed by atoms with Gasteiger partial charge < -0.3 is 4.74 Å². The van der Waals surface area contributed by atoms with E-state index in [4.69, 9.17) is 16.3 Å². The molecular formula is C18H21ClINO. The van der Waals surface area contributed by atoms with Gasteiger partial charge in [0.1, 0.15) is 12.4 Å². The van der Waals surface area contributed by atoms with Crippen LogP contribution in [0.4, 0.5) is 0 Å². The first-order valence-electron chi connectivity index (χ1n) is 7.56. The Bertz CT molecular complexity index is 603. The molecule has 0 unspecified atom stereocenters. The fraction of sp³-hybridized carbons (Fsp3) is 0.333. The van der Waals surface area contributed by atoms with E-state index in [1.165, 1.54) is 11.1 Å². The van der Waals surface area contributed by atoms with Crippen molar-refractivity contribution in [2.24, 2.45) is 0 Å². The molecule has 0 fully saturated rings. The van der Waals surface area contributed by atoms with Gasteiger partial charge in [-0.05, 0) is 48.6 Å². The Morgan fingerprint density at radius 2 is 2.00 bits per heavy atom. The van der Waals surface area contributed by atoms with Crippen molar-refractivity contribution in [3.05, 3.63) is 64.2 Å². The van der Waals surface area contributed by atoms with Crippen LogP contribution in [-0.4, -0.2) is 6.54 Å². The molecule has 2 nitrogen and oxygen atoms in total. The monoisotopic (exact) mass is 429 g/mol. The lowest BCUT2D eigenvalue weighted by atomic mass is 10.1. The van der Waals surface area contributed by atoms with Crippen LogP contribution in [0.2, 0.25) is 5.02 Å². The fourth-order valence-electron chi connectivity index (χ4n) is 2.40. The normalized spacial score (nSPS) is 10.7. The second-order valence-corrected chi connectivity index (χ2v) is 6.32. The van der Waals surface area contributed by atoms with E-state index in [1.54, 1.807) is 0 Å². The highest BCUT2D eigenvalue weighted by molar-refractivity contribution is 14.1. The number of rotatable bonds is 8. The summed E-state index contributed by atoms with van der Waals surface area (Å²) in [6.45, 7) is 3.67. The zero-order chi connectivity index (χ0) is 15.8. The molecule has 2 aromatic rings. The minimum absolute atomic E-state index is 0.515. The van der Waals surface area contributed by atoms with Crippen molar-refractivity contribution in [1.29, 1.82) is 0 Å². The first-order chi connectivity index (χ1) is 10.7. The average Bonchev–Trinajstić information content (AvgIpc) is 2.54. The van der Waals surface area contributed by atoms with E-state index in [-0.39, 0.29) is 0 Å². The molecule has 0 radical (unpaired) electrons. The summed E-state index contributed by atoms with van der Waals surface area (Å²) in [5.74, 6) is 0.905. The van der Waals surface area contributed by atoms with E-state index in [0.717, 1.165) is 42.1 Å². The molecule has 0 heterocycles. The summed E-state index contributed by atoms with van der Waals surface area (Å²) >= 11 is 8.48. The maximum atomic E-state index is 6.30. The van der Waals surface area contributed by atoms with Crippen LogP contribution in [0.15, 0.2) is 42.5 Å². The first-order valence-corrected chi connectivity index (χ1v) is 9.01. The largest absolute Gasteiger partial charge is 0.489 e. The van der Waals surface area contributed by atoms with Crippen molar-refractivity contribution in [2.75, 3.05) is 6.54 Å². The van der Waals surface area contributed by atoms with Crippen LogP contribution in [0.5, 0.6) is 5.75 Å². The highest BCUT2D eigenvalue weighted by Crippen LogP contribution is 2.23. The molecule has 2 aromatic carbocycles. The minimum Gasteiger partial charge on any atom is -0.489 e. The molecular weight excluding hydrogens is 409 g/mol. The van der Waals surface area contributed by atoms with Crippen molar-refractivity contribution in [3.8, 4) is 5.75 Å². The van der Waals surface area contributed by atoms with Crippen molar-refractivity contribution in [2.45, 2.75) is 32.8 Å². The van der Waals surface area contributed by atoms with E-state index in [0.29, 0.717) is 6.61 Å². The summed E-state index contributed by atoms with van der Waals surface area (Å²) in [5, 5.41) is 0.781. The summed E-state index contributed by atoms with van der Waals surface area (Å²) in [7, 11) is 0. The molecule has 0 aliphatic rings. The zero-order valence-corrected chi connectivity index (χ0v) is 15.7. The molecule has 0 aliphatic heterocycles. The van der Waals surface area contributed by atoms with E-state index in [9.17, 15) is 0 Å². The van der Waals surface area contributed by atoms with Gasteiger partial charge in [0.15, 0.2) is 0 Å². The van der Waals surface area contributed by atoms with Crippen LogP contribution >= 0.6 is 34.5 Å². The Hall–Kier alpha value is -0.780. The van der Waals surface area contributed by atoms with Crippen molar-refractivity contribution < 1.29 is 4.74 Å². The van der Waals surface area contributed by atoms with Crippen LogP contribution in [0.25, 0.3) is 0 Å². The van der Waals surface area contributed by atoms with Gasteiger partial charge in [0.25, 0.3) is 0 Å². The summed E-state index contributed by atoms with van der Waals surface area (Å²) in [5.41, 5.74) is 3.64. The van der Waals surface area contributed by atoms with Crippen molar-refractivity contribution >= 4 is 34.5 Å². The topological polar surface area (TPSA) is 21.3 Å². The van der Waals surface area contributed by atoms with Crippen LogP contribution in [0, 0.1) is 0 Å². The fourth-order valence-corrected chi connectivity index (χ4v) is 3.03. The Labute approximate surface area is 151 Å². The highest BCUT2D eigenvalue weighted by atomic mass is 127. The molecule has 0 aromatic heterocycles. The lowest BCUT2D eigenvalue weighted by Gasteiger charge is -2.12. The zero-order valence-electron chi connectivity index (χ0n) is 12.7. The number of benzene rings is 2. The van der Waals surface area contributed by atoms with Gasteiger partial charge in [-0.25, -0.2) is 0 Å². The van der Waals surface area contributed by atoms with Crippen LogP contribution < -0.4 is 8.27 Å². The van der Waals surface area contributed by atoms with Gasteiger partial charge in [0, 0.05) is 40.0 Å². The maximum absolute atomic E-state index is 6.30. The molecule has 0 bridgehead atoms. The standard InChI is InChI=1S/C18H21ClINO/c1-2-15-8-4-10-18(19)17(15)13-22-16-9-3-6-14(12-16)7-5-11-21-20/h3-4,6,8-10,12,21H,2,5,7,11,13H2,1H3. The molecule has 22 heavy (non-hydrogen) atoms. The third-order valence-corrected chi connectivity index (χ3v) is 4.51. The first kappa shape index (κ1) is 17.6. The van der Waals surface area contributed by atoms with E-state index in [2.05, 4.69) is 57.6 Å². The van der Waals surface area contributed by atoms with Gasteiger partial charge >= 0.3 is 0 Å². The second kappa shape index (κ2) is 9.38. The molecule has 4 heteroatoms. The molecule has 0 saturated heterocycles. The van der Waals surface area contributed by atoms with Gasteiger partial charge in [0.05, 0.1) is 0 Å². The quantitative estimate of drug-likeness (QED) is 0.347. The van der Waals surface area contributed by atoms with Crippen molar-refractivity contribution in [1.82, 2.24) is 3.53 Å². The molecule has 0 atom stereocenters. The van der Waals surface area contributed by atoms with Gasteiger partial charge in [-0.1, -0.05) is 42.8 Å². The Morgan fingerprint density at radius 1 is 1.18 bits per heavy atom. The van der Waals surface area contributed by atoms with Crippen LogP contribution in [0.1, 0.15) is 30.0 Å². The summed E-state index contributed by atoms with van der Waals surface area (Å²) in [6.07, 6.45) is 3.14. The lowest BCUT2D eigenvalue weighted by Crippen LogP contribution is -2.02. The average molecular weight is 430 g/mol. The lowest BCUT2D eigenvalue weighted by molar-refractivity contribution is 0.305. The number of halogens is 2. The predicted molar refractivity (Wildman–Crippen MR) is 102 cm³/mol. The highest BCUT2D eigenvalue weighted by Gasteiger charge is 2.07. The van der Waals surface area contributed by atoms with Gasteiger partial charge in [-0.2, -0.15) is 0 Å². The van der Waals surface area contributed by atoms with Crippen molar-refractivity contribution in [3.63, 3.8) is 0 Å². The van der Waals surface area contributed by atoms with Crippen LogP contribution in [0.3, 0.4) is 0 Å². The molecule has 0 aliphatic carbocycles. The van der Waals surface area contributed by atoms with Gasteiger partial charge in [-0.15, -0.1) is 0 Å². The molecule has 0 amide bonds. The smallest absolute Gasteiger partial charge is 0.120 e. The number of hydrogen-bond acceptors (Lipinski definition) is 2. The Kier molecular flexibility index (Phi) is 7.49. The Morgan fingerprint density at radius 3 is 2.77 bits per heavy atom.